The van der Waals surface area contributed by atoms with Crippen LogP contribution in [-0.2, 0) is 12.8 Å². The van der Waals surface area contributed by atoms with E-state index >= 15 is 0 Å². The van der Waals surface area contributed by atoms with E-state index in [2.05, 4.69) is 68.5 Å². The quantitative estimate of drug-likeness (QED) is 0.210. The minimum Gasteiger partial charge on any atom is -0.0795 e. The highest BCUT2D eigenvalue weighted by atomic mass is 32.1. The predicted molar refractivity (Wildman–Crippen MR) is 111 cm³/mol. The zero-order chi connectivity index (χ0) is 17.2. The van der Waals surface area contributed by atoms with E-state index in [-0.39, 0.29) is 0 Å². The van der Waals surface area contributed by atoms with Crippen LogP contribution < -0.4 is 0 Å². The second kappa shape index (κ2) is 10.2. The summed E-state index contributed by atoms with van der Waals surface area (Å²) in [7, 11) is 0. The van der Waals surface area contributed by atoms with Gasteiger partial charge in [-0.05, 0) is 47.6 Å². The zero-order valence-corrected chi connectivity index (χ0v) is 15.7. The van der Waals surface area contributed by atoms with Crippen molar-refractivity contribution in [2.75, 3.05) is 0 Å². The molecule has 0 unspecified atom stereocenters. The lowest BCUT2D eigenvalue weighted by atomic mass is 10.0. The summed E-state index contributed by atoms with van der Waals surface area (Å²) < 4.78 is 0. The monoisotopic (exact) mass is 336 g/mol. The van der Waals surface area contributed by atoms with Gasteiger partial charge in [-0.3, -0.25) is 0 Å². The first-order valence-electron chi connectivity index (χ1n) is 9.13. The summed E-state index contributed by atoms with van der Waals surface area (Å²) >= 11 is 5.54. The molecular formula is C23H28S. The largest absolute Gasteiger partial charge is 0.0795 e. The molecule has 126 valence electrons. The fourth-order valence-electron chi connectivity index (χ4n) is 2.78. The number of unbranched alkanes of at least 4 members (excludes halogenated alkanes) is 3. The molecule has 0 saturated carbocycles. The van der Waals surface area contributed by atoms with Crippen LogP contribution in [-0.4, -0.2) is 4.86 Å². The standard InChI is InChI=1S/C23H28S/c1-3-5-6-7-9-20-10-8-11-21(18-20)14-17-23(24)22-15-12-19(4-2)13-16-22/h8,10-18H,3-7,9H2,1-2H3. The van der Waals surface area contributed by atoms with Gasteiger partial charge in [0.1, 0.15) is 0 Å². The van der Waals surface area contributed by atoms with Gasteiger partial charge in [0.2, 0.25) is 0 Å². The molecule has 1 heteroatoms. The molecule has 24 heavy (non-hydrogen) atoms. The summed E-state index contributed by atoms with van der Waals surface area (Å²) in [5.74, 6) is 0. The molecule has 2 aromatic rings. The minimum absolute atomic E-state index is 0.894. The lowest BCUT2D eigenvalue weighted by Gasteiger charge is -2.03. The van der Waals surface area contributed by atoms with Gasteiger partial charge in [0.25, 0.3) is 0 Å². The molecule has 0 spiro atoms. The number of thiocarbonyl (C=S) groups is 1. The Morgan fingerprint density at radius 2 is 1.71 bits per heavy atom. The fourth-order valence-corrected chi connectivity index (χ4v) is 2.99. The van der Waals surface area contributed by atoms with Crippen LogP contribution in [0.5, 0.6) is 0 Å². The third kappa shape index (κ3) is 6.05. The number of hydrogen-bond acceptors (Lipinski definition) is 1. The molecule has 0 N–H and O–H groups in total. The molecule has 2 rings (SSSR count). The van der Waals surface area contributed by atoms with Crippen molar-refractivity contribution in [1.82, 2.24) is 0 Å². The molecule has 0 aromatic heterocycles. The first kappa shape index (κ1) is 18.6. The summed E-state index contributed by atoms with van der Waals surface area (Å²) in [6.45, 7) is 4.42. The average molecular weight is 337 g/mol. The van der Waals surface area contributed by atoms with Crippen molar-refractivity contribution < 1.29 is 0 Å². The van der Waals surface area contributed by atoms with E-state index in [9.17, 15) is 0 Å². The van der Waals surface area contributed by atoms with Crippen molar-refractivity contribution >= 4 is 23.2 Å². The van der Waals surface area contributed by atoms with Gasteiger partial charge in [-0.2, -0.15) is 0 Å². The molecule has 0 aliphatic rings. The summed E-state index contributed by atoms with van der Waals surface area (Å²) in [6, 6.07) is 17.4. The van der Waals surface area contributed by atoms with E-state index in [0.717, 1.165) is 16.8 Å². The lowest BCUT2D eigenvalue weighted by molar-refractivity contribution is 0.667. The van der Waals surface area contributed by atoms with Crippen molar-refractivity contribution in [2.24, 2.45) is 0 Å². The third-order valence-electron chi connectivity index (χ3n) is 4.34. The fraction of sp³-hybridized carbons (Fsp3) is 0.348. The Kier molecular flexibility index (Phi) is 7.91. The van der Waals surface area contributed by atoms with Crippen LogP contribution in [0.15, 0.2) is 54.6 Å². The van der Waals surface area contributed by atoms with Crippen molar-refractivity contribution in [1.29, 1.82) is 0 Å². The smallest absolute Gasteiger partial charge is 0.0449 e. The Labute approximate surface area is 152 Å². The van der Waals surface area contributed by atoms with Gasteiger partial charge in [0.15, 0.2) is 0 Å². The summed E-state index contributed by atoms with van der Waals surface area (Å²) in [4.78, 5) is 0.894. The number of aryl methyl sites for hydroxylation is 2. The normalized spacial score (nSPS) is 11.1. The minimum atomic E-state index is 0.894. The number of benzene rings is 2. The Bertz CT molecular complexity index is 665. The van der Waals surface area contributed by atoms with Crippen LogP contribution in [0, 0.1) is 0 Å². The molecular weight excluding hydrogens is 308 g/mol. The molecule has 0 heterocycles. The van der Waals surface area contributed by atoms with Crippen molar-refractivity contribution in [3.05, 3.63) is 76.9 Å². The van der Waals surface area contributed by atoms with Gasteiger partial charge in [0, 0.05) is 4.86 Å². The molecule has 0 nitrogen and oxygen atoms in total. The van der Waals surface area contributed by atoms with Crippen molar-refractivity contribution in [3.63, 3.8) is 0 Å². The first-order valence-corrected chi connectivity index (χ1v) is 9.54. The summed E-state index contributed by atoms with van der Waals surface area (Å²) in [5, 5.41) is 0. The highest BCUT2D eigenvalue weighted by Gasteiger charge is 1.99. The van der Waals surface area contributed by atoms with Gasteiger partial charge >= 0.3 is 0 Å². The molecule has 0 fully saturated rings. The van der Waals surface area contributed by atoms with Gasteiger partial charge in [-0.15, -0.1) is 0 Å². The van der Waals surface area contributed by atoms with Crippen LogP contribution in [0.1, 0.15) is 61.8 Å². The molecule has 2 aromatic carbocycles. The lowest BCUT2D eigenvalue weighted by Crippen LogP contribution is -1.93. The number of hydrogen-bond donors (Lipinski definition) is 0. The van der Waals surface area contributed by atoms with Crippen LogP contribution in [0.2, 0.25) is 0 Å². The van der Waals surface area contributed by atoms with E-state index in [1.807, 2.05) is 6.08 Å². The average Bonchev–Trinajstić information content (AvgIpc) is 2.64. The number of rotatable bonds is 9. The molecule has 0 amide bonds. The molecule has 0 atom stereocenters. The van der Waals surface area contributed by atoms with Crippen LogP contribution in [0.25, 0.3) is 6.08 Å². The zero-order valence-electron chi connectivity index (χ0n) is 14.9. The maximum Gasteiger partial charge on any atom is 0.0449 e. The first-order chi connectivity index (χ1) is 11.7. The molecule has 0 radical (unpaired) electrons. The van der Waals surface area contributed by atoms with Crippen molar-refractivity contribution in [3.8, 4) is 0 Å². The Hall–Kier alpha value is -1.73. The number of allylic oxidation sites excluding steroid dienone is 1. The van der Waals surface area contributed by atoms with Crippen LogP contribution in [0.3, 0.4) is 0 Å². The van der Waals surface area contributed by atoms with E-state index < -0.39 is 0 Å². The Morgan fingerprint density at radius 3 is 2.42 bits per heavy atom. The SMILES string of the molecule is CCCCCCc1cccc(C=CC(=S)c2ccc(CC)cc2)c1. The highest BCUT2D eigenvalue weighted by Crippen LogP contribution is 2.13. The van der Waals surface area contributed by atoms with E-state index in [4.69, 9.17) is 12.2 Å². The van der Waals surface area contributed by atoms with Gasteiger partial charge in [0.05, 0.1) is 0 Å². The van der Waals surface area contributed by atoms with Crippen LogP contribution >= 0.6 is 12.2 Å². The Morgan fingerprint density at radius 1 is 0.917 bits per heavy atom. The van der Waals surface area contributed by atoms with E-state index in [1.165, 1.54) is 48.8 Å². The molecule has 0 saturated heterocycles. The maximum absolute atomic E-state index is 5.54. The topological polar surface area (TPSA) is 0 Å². The molecule has 0 aliphatic heterocycles. The summed E-state index contributed by atoms with van der Waals surface area (Å²) in [6.07, 6.45) is 11.7. The summed E-state index contributed by atoms with van der Waals surface area (Å²) in [5.41, 5.74) is 5.12. The van der Waals surface area contributed by atoms with Gasteiger partial charge in [-0.1, -0.05) is 99.9 Å². The van der Waals surface area contributed by atoms with Crippen LogP contribution in [0.4, 0.5) is 0 Å². The predicted octanol–water partition coefficient (Wildman–Crippen LogP) is 6.80. The van der Waals surface area contributed by atoms with Gasteiger partial charge in [-0.25, -0.2) is 0 Å². The third-order valence-corrected chi connectivity index (χ3v) is 4.72. The molecule has 0 aliphatic carbocycles. The van der Waals surface area contributed by atoms with Gasteiger partial charge < -0.3 is 0 Å². The van der Waals surface area contributed by atoms with Crippen molar-refractivity contribution in [2.45, 2.75) is 52.4 Å². The highest BCUT2D eigenvalue weighted by molar-refractivity contribution is 7.81. The van der Waals surface area contributed by atoms with E-state index in [0.29, 0.717) is 0 Å². The van der Waals surface area contributed by atoms with E-state index in [1.54, 1.807) is 0 Å². The maximum atomic E-state index is 5.54. The Balaban J connectivity index is 1.96. The molecule has 0 bridgehead atoms. The second-order valence-electron chi connectivity index (χ2n) is 6.30. The second-order valence-corrected chi connectivity index (χ2v) is 6.74.